The first-order chi connectivity index (χ1) is 14.4. The molecule has 1 aliphatic heterocycles. The smallest absolute Gasteiger partial charge is 0.255 e. The highest BCUT2D eigenvalue weighted by Crippen LogP contribution is 2.43. The van der Waals surface area contributed by atoms with E-state index in [0.717, 1.165) is 27.0 Å². The largest absolute Gasteiger partial charge is 0.322 e. The summed E-state index contributed by atoms with van der Waals surface area (Å²) in [6.07, 6.45) is 0. The molecule has 0 saturated carbocycles. The molecule has 4 nitrogen and oxygen atoms in total. The predicted molar refractivity (Wildman–Crippen MR) is 127 cm³/mol. The van der Waals surface area contributed by atoms with Gasteiger partial charge in [0.1, 0.15) is 5.37 Å². The summed E-state index contributed by atoms with van der Waals surface area (Å²) >= 11 is 5.01. The van der Waals surface area contributed by atoms with Gasteiger partial charge in [-0.3, -0.25) is 14.5 Å². The average molecular weight is 481 g/mol. The lowest BCUT2D eigenvalue weighted by Gasteiger charge is -2.26. The van der Waals surface area contributed by atoms with Gasteiger partial charge in [0.2, 0.25) is 5.91 Å². The molecule has 0 unspecified atom stereocenters. The van der Waals surface area contributed by atoms with Gasteiger partial charge in [0.25, 0.3) is 5.91 Å². The number of hydrogen-bond donors (Lipinski definition) is 1. The lowest BCUT2D eigenvalue weighted by molar-refractivity contribution is -0.115. The van der Waals surface area contributed by atoms with Crippen LogP contribution in [0.5, 0.6) is 0 Å². The standard InChI is InChI=1S/C24H21BrN2O2S/c1-15-5-3-8-21(16(15)2)27-22(28)14-30-24(27)17-9-11-20(12-10-17)26-23(29)18-6-4-7-19(25)13-18/h3-13,24H,14H2,1-2H3,(H,26,29)/t24-/m1/s1. The molecular formula is C24H21BrN2O2S. The Morgan fingerprint density at radius 1 is 1.07 bits per heavy atom. The quantitative estimate of drug-likeness (QED) is 0.490. The summed E-state index contributed by atoms with van der Waals surface area (Å²) < 4.78 is 0.861. The zero-order valence-corrected chi connectivity index (χ0v) is 19.1. The highest BCUT2D eigenvalue weighted by molar-refractivity contribution is 9.10. The molecule has 1 N–H and O–H groups in total. The topological polar surface area (TPSA) is 49.4 Å². The molecule has 0 radical (unpaired) electrons. The van der Waals surface area contributed by atoms with Crippen molar-refractivity contribution < 1.29 is 9.59 Å². The Balaban J connectivity index is 1.55. The van der Waals surface area contributed by atoms with Crippen molar-refractivity contribution in [3.8, 4) is 0 Å². The molecule has 1 saturated heterocycles. The second-order valence-corrected chi connectivity index (χ2v) is 9.22. The van der Waals surface area contributed by atoms with Crippen LogP contribution < -0.4 is 10.2 Å². The maximum atomic E-state index is 12.7. The summed E-state index contributed by atoms with van der Waals surface area (Å²) in [6.45, 7) is 4.11. The molecule has 0 bridgehead atoms. The number of nitrogens with zero attached hydrogens (tertiary/aromatic N) is 1. The molecule has 1 heterocycles. The van der Waals surface area contributed by atoms with Crippen LogP contribution in [0, 0.1) is 13.8 Å². The van der Waals surface area contributed by atoms with Crippen molar-refractivity contribution in [2.75, 3.05) is 16.0 Å². The molecule has 0 spiro atoms. The number of carbonyl (C=O) groups is 2. The zero-order chi connectivity index (χ0) is 21.3. The van der Waals surface area contributed by atoms with Crippen LogP contribution in [0.2, 0.25) is 0 Å². The van der Waals surface area contributed by atoms with Crippen LogP contribution in [0.3, 0.4) is 0 Å². The molecule has 6 heteroatoms. The number of thioether (sulfide) groups is 1. The van der Waals surface area contributed by atoms with E-state index in [1.807, 2.05) is 53.4 Å². The summed E-state index contributed by atoms with van der Waals surface area (Å²) in [5.74, 6) is 0.414. The van der Waals surface area contributed by atoms with E-state index < -0.39 is 0 Å². The first-order valence-corrected chi connectivity index (χ1v) is 11.4. The van der Waals surface area contributed by atoms with E-state index in [4.69, 9.17) is 0 Å². The monoisotopic (exact) mass is 480 g/mol. The van der Waals surface area contributed by atoms with E-state index in [1.54, 1.807) is 23.9 Å². The third-order valence-electron chi connectivity index (χ3n) is 5.24. The fourth-order valence-corrected chi connectivity index (χ4v) is 5.06. The van der Waals surface area contributed by atoms with Gasteiger partial charge in [-0.2, -0.15) is 0 Å². The highest BCUT2D eigenvalue weighted by atomic mass is 79.9. The molecule has 3 aromatic rings. The fraction of sp³-hybridized carbons (Fsp3) is 0.167. The average Bonchev–Trinajstić information content (AvgIpc) is 3.12. The first kappa shape index (κ1) is 20.7. The van der Waals surface area contributed by atoms with Gasteiger partial charge >= 0.3 is 0 Å². The van der Waals surface area contributed by atoms with Gasteiger partial charge in [-0.15, -0.1) is 11.8 Å². The number of hydrogen-bond acceptors (Lipinski definition) is 3. The minimum Gasteiger partial charge on any atom is -0.322 e. The first-order valence-electron chi connectivity index (χ1n) is 9.61. The highest BCUT2D eigenvalue weighted by Gasteiger charge is 2.34. The van der Waals surface area contributed by atoms with Crippen LogP contribution in [0.1, 0.15) is 32.4 Å². The number of nitrogens with one attached hydrogen (secondary N) is 1. The van der Waals surface area contributed by atoms with Crippen molar-refractivity contribution in [2.24, 2.45) is 0 Å². The fourth-order valence-electron chi connectivity index (χ4n) is 3.49. The summed E-state index contributed by atoms with van der Waals surface area (Å²) in [6, 6.07) is 21.1. The normalized spacial score (nSPS) is 16.0. The van der Waals surface area contributed by atoms with Crippen LogP contribution in [-0.2, 0) is 4.79 Å². The van der Waals surface area contributed by atoms with Crippen LogP contribution >= 0.6 is 27.7 Å². The molecule has 1 aliphatic rings. The second-order valence-electron chi connectivity index (χ2n) is 7.23. The van der Waals surface area contributed by atoms with E-state index in [-0.39, 0.29) is 17.2 Å². The molecular weight excluding hydrogens is 460 g/mol. The van der Waals surface area contributed by atoms with Crippen molar-refractivity contribution in [1.29, 1.82) is 0 Å². The third kappa shape index (κ3) is 4.16. The van der Waals surface area contributed by atoms with E-state index in [0.29, 0.717) is 11.3 Å². The number of benzene rings is 3. The maximum absolute atomic E-state index is 12.7. The minimum atomic E-state index is -0.161. The van der Waals surface area contributed by atoms with Crippen LogP contribution in [0.15, 0.2) is 71.2 Å². The van der Waals surface area contributed by atoms with E-state index in [9.17, 15) is 9.59 Å². The molecule has 30 heavy (non-hydrogen) atoms. The Kier molecular flexibility index (Phi) is 5.97. The summed E-state index contributed by atoms with van der Waals surface area (Å²) in [4.78, 5) is 27.0. The summed E-state index contributed by atoms with van der Waals surface area (Å²) in [7, 11) is 0. The minimum absolute atomic E-state index is 0.0761. The Labute approximate surface area is 188 Å². The third-order valence-corrected chi connectivity index (χ3v) is 6.95. The van der Waals surface area contributed by atoms with E-state index >= 15 is 0 Å². The van der Waals surface area contributed by atoms with Crippen molar-refractivity contribution in [3.05, 3.63) is 93.5 Å². The second kappa shape index (κ2) is 8.66. The molecule has 0 aromatic heterocycles. The lowest BCUT2D eigenvalue weighted by atomic mass is 10.1. The Hall–Kier alpha value is -2.57. The van der Waals surface area contributed by atoms with Gasteiger partial charge in [0, 0.05) is 21.4 Å². The summed E-state index contributed by atoms with van der Waals surface area (Å²) in [5, 5.41) is 2.85. The van der Waals surface area contributed by atoms with E-state index in [1.165, 1.54) is 5.56 Å². The zero-order valence-electron chi connectivity index (χ0n) is 16.7. The molecule has 152 valence electrons. The molecule has 3 aromatic carbocycles. The number of halogens is 1. The predicted octanol–water partition coefficient (Wildman–Crippen LogP) is 6.10. The van der Waals surface area contributed by atoms with Crippen molar-refractivity contribution in [1.82, 2.24) is 0 Å². The Morgan fingerprint density at radius 3 is 2.53 bits per heavy atom. The van der Waals surface area contributed by atoms with Gasteiger partial charge in [0.15, 0.2) is 0 Å². The van der Waals surface area contributed by atoms with Gasteiger partial charge in [-0.1, -0.05) is 46.3 Å². The van der Waals surface area contributed by atoms with Crippen molar-refractivity contribution in [3.63, 3.8) is 0 Å². The van der Waals surface area contributed by atoms with Crippen LogP contribution in [0.4, 0.5) is 11.4 Å². The number of anilines is 2. The van der Waals surface area contributed by atoms with Crippen molar-refractivity contribution >= 4 is 50.9 Å². The Bertz CT molecular complexity index is 1110. The van der Waals surface area contributed by atoms with Crippen molar-refractivity contribution in [2.45, 2.75) is 19.2 Å². The maximum Gasteiger partial charge on any atom is 0.255 e. The summed E-state index contributed by atoms with van der Waals surface area (Å²) in [5.41, 5.74) is 5.59. The van der Waals surface area contributed by atoms with Gasteiger partial charge in [0.05, 0.1) is 5.75 Å². The SMILES string of the molecule is Cc1cccc(N2C(=O)CS[C@@H]2c2ccc(NC(=O)c3cccc(Br)c3)cc2)c1C. The number of aryl methyl sites for hydroxylation is 1. The van der Waals surface area contributed by atoms with Crippen LogP contribution in [-0.4, -0.2) is 17.6 Å². The Morgan fingerprint density at radius 2 is 1.80 bits per heavy atom. The number of rotatable bonds is 4. The van der Waals surface area contributed by atoms with Gasteiger partial charge < -0.3 is 5.32 Å². The van der Waals surface area contributed by atoms with Gasteiger partial charge in [-0.05, 0) is 66.9 Å². The lowest BCUT2D eigenvalue weighted by Crippen LogP contribution is -2.28. The molecule has 4 rings (SSSR count). The van der Waals surface area contributed by atoms with Gasteiger partial charge in [-0.25, -0.2) is 0 Å². The molecule has 0 aliphatic carbocycles. The molecule has 2 amide bonds. The molecule has 1 atom stereocenters. The van der Waals surface area contributed by atoms with Crippen LogP contribution in [0.25, 0.3) is 0 Å². The molecule has 1 fully saturated rings. The number of amides is 2. The van der Waals surface area contributed by atoms with E-state index in [2.05, 4.69) is 41.2 Å². The number of carbonyl (C=O) groups excluding carboxylic acids is 2.